The molecule has 31 heavy (non-hydrogen) atoms. The number of hydrogen-bond acceptors (Lipinski definition) is 10. The lowest BCUT2D eigenvalue weighted by atomic mass is 9.78. The number of rotatable bonds is 5. The molecule has 0 unspecified atom stereocenters. The monoisotopic (exact) mass is 425 g/mol. The van der Waals surface area contributed by atoms with Gasteiger partial charge in [-0.2, -0.15) is 9.78 Å². The largest absolute Gasteiger partial charge is 0.456 e. The molecule has 0 atom stereocenters. The van der Waals surface area contributed by atoms with E-state index in [1.165, 1.54) is 16.0 Å². The number of ether oxygens (including phenoxy) is 1. The lowest BCUT2D eigenvalue weighted by Crippen LogP contribution is -2.46. The minimum absolute atomic E-state index is 0.0452. The number of nitrogens with one attached hydrogen (secondary N) is 1. The van der Waals surface area contributed by atoms with Crippen molar-refractivity contribution in [3.05, 3.63) is 35.4 Å². The molecule has 2 saturated heterocycles. The van der Waals surface area contributed by atoms with E-state index in [0.717, 1.165) is 44.6 Å². The average molecular weight is 425 g/mol. The first-order valence-corrected chi connectivity index (χ1v) is 10.3. The van der Waals surface area contributed by atoms with Crippen LogP contribution in [0.5, 0.6) is 0 Å². The minimum Gasteiger partial charge on any atom is -0.456 e. The predicted octanol–water partition coefficient (Wildman–Crippen LogP) is -0.745. The summed E-state index contributed by atoms with van der Waals surface area (Å²) in [6.07, 6.45) is 3.81. The van der Waals surface area contributed by atoms with Gasteiger partial charge in [-0.05, 0) is 55.4 Å². The molecule has 12 nitrogen and oxygen atoms in total. The van der Waals surface area contributed by atoms with Crippen LogP contribution in [0.1, 0.15) is 25.5 Å². The molecule has 2 aromatic rings. The number of piperidine rings is 1. The molecule has 2 aromatic heterocycles. The second-order valence-electron chi connectivity index (χ2n) is 8.13. The van der Waals surface area contributed by atoms with Crippen LogP contribution in [-0.2, 0) is 20.7 Å². The first-order valence-electron chi connectivity index (χ1n) is 10.3. The maximum absolute atomic E-state index is 13.1. The van der Waals surface area contributed by atoms with Gasteiger partial charge >= 0.3 is 5.97 Å². The molecule has 1 N–H and O–H groups in total. The number of hydrogen-bond donors (Lipinski definition) is 1. The van der Waals surface area contributed by atoms with E-state index in [0.29, 0.717) is 23.6 Å². The Morgan fingerprint density at radius 2 is 2.03 bits per heavy atom. The van der Waals surface area contributed by atoms with Gasteiger partial charge in [-0.1, -0.05) is 0 Å². The molecule has 0 aliphatic carbocycles. The summed E-state index contributed by atoms with van der Waals surface area (Å²) in [5, 5.41) is 20.9. The molecule has 0 saturated carbocycles. The molecule has 3 aliphatic rings. The normalized spacial score (nSPS) is 21.4. The molecule has 0 bridgehead atoms. The van der Waals surface area contributed by atoms with Crippen molar-refractivity contribution in [1.82, 2.24) is 45.7 Å². The summed E-state index contributed by atoms with van der Waals surface area (Å²) in [4.78, 5) is 27.2. The van der Waals surface area contributed by atoms with Crippen molar-refractivity contribution >= 4 is 11.9 Å². The Morgan fingerprint density at radius 1 is 1.19 bits per heavy atom. The van der Waals surface area contributed by atoms with E-state index in [2.05, 4.69) is 36.0 Å². The molecule has 0 aromatic carbocycles. The van der Waals surface area contributed by atoms with E-state index in [9.17, 15) is 9.59 Å². The van der Waals surface area contributed by atoms with Gasteiger partial charge in [0.05, 0.1) is 22.4 Å². The molecule has 0 radical (unpaired) electrons. The third kappa shape index (κ3) is 3.57. The lowest BCUT2D eigenvalue weighted by molar-refractivity contribution is -0.139. The number of nitrogens with zero attached hydrogens (tertiary/aromatic N) is 8. The molecule has 1 amide bonds. The minimum atomic E-state index is -0.414. The first kappa shape index (κ1) is 19.7. The van der Waals surface area contributed by atoms with Gasteiger partial charge in [0.15, 0.2) is 5.82 Å². The smallest absolute Gasteiger partial charge is 0.336 e. The molecule has 3 aliphatic heterocycles. The van der Waals surface area contributed by atoms with Crippen molar-refractivity contribution in [2.45, 2.75) is 26.2 Å². The Kier molecular flexibility index (Phi) is 4.94. The fraction of sp³-hybridized carbons (Fsp3) is 0.526. The highest BCUT2D eigenvalue weighted by Gasteiger charge is 2.50. The van der Waals surface area contributed by atoms with Gasteiger partial charge in [-0.3, -0.25) is 4.79 Å². The van der Waals surface area contributed by atoms with Gasteiger partial charge in [-0.25, -0.2) is 15.2 Å². The van der Waals surface area contributed by atoms with Gasteiger partial charge in [0.25, 0.3) is 0 Å². The standard InChI is InChI=1S/C19H23N9O3/c1-13-15(10-31-17(13)29)28-18(30)19(11-21-28)5-8-26(9-6-19)7-4-14-2-3-16(23-22-14)27-12-20-24-25-27/h2-3,12,21H,4-11H2,1H3. The summed E-state index contributed by atoms with van der Waals surface area (Å²) in [5.74, 6) is 0.267. The fourth-order valence-electron chi connectivity index (χ4n) is 4.28. The van der Waals surface area contributed by atoms with Crippen LogP contribution in [0.3, 0.4) is 0 Å². The highest BCUT2D eigenvalue weighted by molar-refractivity contribution is 5.94. The molecular formula is C19H23N9O3. The van der Waals surface area contributed by atoms with Crippen LogP contribution in [0.2, 0.25) is 0 Å². The number of likely N-dealkylation sites (tertiary alicyclic amines) is 1. The quantitative estimate of drug-likeness (QED) is 0.611. The van der Waals surface area contributed by atoms with Crippen molar-refractivity contribution in [3.8, 4) is 5.82 Å². The van der Waals surface area contributed by atoms with Crippen LogP contribution in [0.15, 0.2) is 29.7 Å². The highest BCUT2D eigenvalue weighted by Crippen LogP contribution is 2.38. The van der Waals surface area contributed by atoms with Crippen molar-refractivity contribution in [1.29, 1.82) is 0 Å². The first-order chi connectivity index (χ1) is 15.1. The molecule has 5 rings (SSSR count). The van der Waals surface area contributed by atoms with E-state index in [1.807, 2.05) is 12.1 Å². The van der Waals surface area contributed by atoms with E-state index in [-0.39, 0.29) is 18.5 Å². The Hall–Kier alpha value is -3.25. The van der Waals surface area contributed by atoms with Crippen LogP contribution >= 0.6 is 0 Å². The lowest BCUT2D eigenvalue weighted by Gasteiger charge is -2.37. The molecule has 1 spiro atoms. The molecule has 5 heterocycles. The van der Waals surface area contributed by atoms with Gasteiger partial charge in [0.2, 0.25) is 5.91 Å². The molecule has 2 fully saturated rings. The molecular weight excluding hydrogens is 402 g/mol. The number of hydrazine groups is 1. The highest BCUT2D eigenvalue weighted by atomic mass is 16.5. The van der Waals surface area contributed by atoms with Crippen LogP contribution in [0.25, 0.3) is 5.82 Å². The second kappa shape index (κ2) is 7.78. The average Bonchev–Trinajstić information content (AvgIpc) is 3.51. The number of aromatic nitrogens is 6. The van der Waals surface area contributed by atoms with Crippen molar-refractivity contribution in [3.63, 3.8) is 0 Å². The van der Waals surface area contributed by atoms with E-state index >= 15 is 0 Å². The second-order valence-corrected chi connectivity index (χ2v) is 8.13. The Labute approximate surface area is 178 Å². The van der Waals surface area contributed by atoms with E-state index in [4.69, 9.17) is 4.74 Å². The summed E-state index contributed by atoms with van der Waals surface area (Å²) >= 11 is 0. The van der Waals surface area contributed by atoms with Gasteiger partial charge < -0.3 is 9.64 Å². The maximum atomic E-state index is 13.1. The van der Waals surface area contributed by atoms with Crippen molar-refractivity contribution in [2.75, 3.05) is 32.8 Å². The zero-order chi connectivity index (χ0) is 21.4. The number of amides is 1. The zero-order valence-corrected chi connectivity index (χ0v) is 17.2. The Morgan fingerprint density at radius 3 is 2.68 bits per heavy atom. The number of esters is 1. The SMILES string of the molecule is CC1=C(N2NCC3(CCN(CCc4ccc(-n5cnnn5)nn4)CC3)C2=O)COC1=O. The Bertz CT molecular complexity index is 1010. The van der Waals surface area contributed by atoms with Crippen LogP contribution in [0, 0.1) is 5.41 Å². The number of cyclic esters (lactones) is 1. The third-order valence-corrected chi connectivity index (χ3v) is 6.37. The van der Waals surface area contributed by atoms with Crippen LogP contribution in [-0.4, -0.2) is 85.0 Å². The maximum Gasteiger partial charge on any atom is 0.336 e. The van der Waals surface area contributed by atoms with Crippen LogP contribution in [0.4, 0.5) is 0 Å². The predicted molar refractivity (Wildman–Crippen MR) is 105 cm³/mol. The summed E-state index contributed by atoms with van der Waals surface area (Å²) in [6.45, 7) is 4.97. The van der Waals surface area contributed by atoms with Crippen LogP contribution < -0.4 is 5.43 Å². The molecule has 162 valence electrons. The summed E-state index contributed by atoms with van der Waals surface area (Å²) in [7, 11) is 0. The number of carbonyl (C=O) groups excluding carboxylic acids is 2. The number of tetrazole rings is 1. The van der Waals surface area contributed by atoms with Gasteiger partial charge in [0.1, 0.15) is 12.9 Å². The van der Waals surface area contributed by atoms with Gasteiger partial charge in [0, 0.05) is 19.5 Å². The van der Waals surface area contributed by atoms with Crippen molar-refractivity contribution < 1.29 is 14.3 Å². The fourth-order valence-corrected chi connectivity index (χ4v) is 4.28. The van der Waals surface area contributed by atoms with Gasteiger partial charge in [-0.15, -0.1) is 10.2 Å². The number of carbonyl (C=O) groups is 2. The summed E-state index contributed by atoms with van der Waals surface area (Å²) in [6, 6.07) is 3.77. The van der Waals surface area contributed by atoms with E-state index < -0.39 is 5.41 Å². The molecule has 12 heteroatoms. The van der Waals surface area contributed by atoms with E-state index in [1.54, 1.807) is 6.92 Å². The summed E-state index contributed by atoms with van der Waals surface area (Å²) < 4.78 is 6.52. The Balaban J connectivity index is 1.15. The topological polar surface area (TPSA) is 131 Å². The van der Waals surface area contributed by atoms with Crippen molar-refractivity contribution in [2.24, 2.45) is 5.41 Å². The third-order valence-electron chi connectivity index (χ3n) is 6.37. The summed E-state index contributed by atoms with van der Waals surface area (Å²) in [5.41, 5.74) is 4.81. The zero-order valence-electron chi connectivity index (χ0n) is 17.2.